The van der Waals surface area contributed by atoms with Gasteiger partial charge in [0.25, 0.3) is 5.56 Å². The number of anilines is 1. The Morgan fingerprint density at radius 1 is 1.24 bits per heavy atom. The van der Waals surface area contributed by atoms with E-state index < -0.39 is 0 Å². The number of rotatable bonds is 6. The highest BCUT2D eigenvalue weighted by Crippen LogP contribution is 2.29. The number of aromatic nitrogens is 4. The SMILES string of the molecule is COc1ccc(OC)c(NC(=O)Cc2n[nH]c(=O)c3cc(-c4cccs4)nn23)c1. The van der Waals surface area contributed by atoms with E-state index in [0.717, 1.165) is 4.88 Å². The number of H-pyrrole nitrogens is 1. The number of hydrogen-bond donors (Lipinski definition) is 2. The third kappa shape index (κ3) is 3.69. The Bertz CT molecular complexity index is 1230. The Morgan fingerprint density at radius 3 is 2.83 bits per heavy atom. The van der Waals surface area contributed by atoms with Crippen LogP contribution in [-0.2, 0) is 11.2 Å². The molecule has 0 fully saturated rings. The molecule has 0 saturated carbocycles. The second-order valence-electron chi connectivity index (χ2n) is 6.06. The van der Waals surface area contributed by atoms with Crippen molar-refractivity contribution in [2.24, 2.45) is 0 Å². The quantitative estimate of drug-likeness (QED) is 0.504. The summed E-state index contributed by atoms with van der Waals surface area (Å²) in [6.07, 6.45) is -0.0980. The van der Waals surface area contributed by atoms with Gasteiger partial charge in [0.1, 0.15) is 22.7 Å². The molecule has 0 saturated heterocycles. The zero-order valence-corrected chi connectivity index (χ0v) is 16.4. The number of ether oxygens (including phenoxy) is 2. The van der Waals surface area contributed by atoms with Gasteiger partial charge < -0.3 is 14.8 Å². The van der Waals surface area contributed by atoms with Crippen LogP contribution in [0.25, 0.3) is 16.1 Å². The summed E-state index contributed by atoms with van der Waals surface area (Å²) in [6.45, 7) is 0. The molecule has 3 heterocycles. The molecule has 0 atom stereocenters. The van der Waals surface area contributed by atoms with Crippen LogP contribution in [-0.4, -0.2) is 39.9 Å². The number of benzene rings is 1. The van der Waals surface area contributed by atoms with Crippen LogP contribution in [0.5, 0.6) is 11.5 Å². The summed E-state index contributed by atoms with van der Waals surface area (Å²) in [5, 5.41) is 15.6. The normalized spacial score (nSPS) is 10.8. The Balaban J connectivity index is 1.63. The lowest BCUT2D eigenvalue weighted by Gasteiger charge is -2.11. The largest absolute Gasteiger partial charge is 0.497 e. The fourth-order valence-corrected chi connectivity index (χ4v) is 3.55. The summed E-state index contributed by atoms with van der Waals surface area (Å²) in [6, 6.07) is 10.6. The summed E-state index contributed by atoms with van der Waals surface area (Å²) < 4.78 is 11.9. The Morgan fingerprint density at radius 2 is 2.10 bits per heavy atom. The van der Waals surface area contributed by atoms with Crippen LogP contribution < -0.4 is 20.3 Å². The van der Waals surface area contributed by atoms with Crippen LogP contribution in [0.4, 0.5) is 5.69 Å². The van der Waals surface area contributed by atoms with Gasteiger partial charge >= 0.3 is 0 Å². The first-order valence-electron chi connectivity index (χ1n) is 8.62. The van der Waals surface area contributed by atoms with E-state index in [0.29, 0.717) is 34.2 Å². The van der Waals surface area contributed by atoms with Gasteiger partial charge in [0.15, 0.2) is 5.82 Å². The number of amides is 1. The lowest BCUT2D eigenvalue weighted by atomic mass is 10.2. The third-order valence-electron chi connectivity index (χ3n) is 4.25. The Labute approximate surface area is 168 Å². The summed E-state index contributed by atoms with van der Waals surface area (Å²) >= 11 is 1.51. The van der Waals surface area contributed by atoms with Crippen molar-refractivity contribution >= 4 is 28.4 Å². The van der Waals surface area contributed by atoms with Crippen LogP contribution in [0.2, 0.25) is 0 Å². The number of nitrogens with one attached hydrogen (secondary N) is 2. The smallest absolute Gasteiger partial charge is 0.290 e. The second-order valence-corrected chi connectivity index (χ2v) is 7.01. The van der Waals surface area contributed by atoms with E-state index >= 15 is 0 Å². The monoisotopic (exact) mass is 411 g/mol. The molecule has 0 aliphatic rings. The van der Waals surface area contributed by atoms with Crippen molar-refractivity contribution in [3.63, 3.8) is 0 Å². The molecule has 148 valence electrons. The van der Waals surface area contributed by atoms with E-state index in [2.05, 4.69) is 20.6 Å². The number of carbonyl (C=O) groups excluding carboxylic acids is 1. The predicted molar refractivity (Wildman–Crippen MR) is 109 cm³/mol. The molecule has 4 aromatic rings. The van der Waals surface area contributed by atoms with Crippen molar-refractivity contribution in [3.8, 4) is 22.1 Å². The number of hydrogen-bond acceptors (Lipinski definition) is 7. The lowest BCUT2D eigenvalue weighted by Crippen LogP contribution is -2.22. The maximum Gasteiger partial charge on any atom is 0.290 e. The first-order valence-corrected chi connectivity index (χ1v) is 9.50. The molecule has 9 nitrogen and oxygen atoms in total. The maximum absolute atomic E-state index is 12.6. The lowest BCUT2D eigenvalue weighted by molar-refractivity contribution is -0.115. The van der Waals surface area contributed by atoms with Crippen molar-refractivity contribution in [1.29, 1.82) is 0 Å². The molecule has 4 rings (SSSR count). The van der Waals surface area contributed by atoms with Crippen LogP contribution in [0.3, 0.4) is 0 Å². The van der Waals surface area contributed by atoms with Crippen molar-refractivity contribution in [1.82, 2.24) is 19.8 Å². The zero-order valence-electron chi connectivity index (χ0n) is 15.6. The molecule has 3 aromatic heterocycles. The average Bonchev–Trinajstić information content (AvgIpc) is 3.40. The van der Waals surface area contributed by atoms with Gasteiger partial charge in [0.05, 0.1) is 31.2 Å². The fraction of sp³-hybridized carbons (Fsp3) is 0.158. The van der Waals surface area contributed by atoms with Gasteiger partial charge in [0.2, 0.25) is 5.91 Å². The van der Waals surface area contributed by atoms with Gasteiger partial charge in [0, 0.05) is 6.07 Å². The predicted octanol–water partition coefficient (Wildman–Crippen LogP) is 2.34. The first kappa shape index (κ1) is 18.7. The van der Waals surface area contributed by atoms with E-state index in [-0.39, 0.29) is 17.9 Å². The van der Waals surface area contributed by atoms with Gasteiger partial charge in [-0.05, 0) is 29.6 Å². The molecular weight excluding hydrogens is 394 g/mol. The molecular formula is C19H17N5O4S. The van der Waals surface area contributed by atoms with Crippen LogP contribution in [0, 0.1) is 0 Å². The second kappa shape index (κ2) is 7.76. The minimum absolute atomic E-state index is 0.0980. The minimum Gasteiger partial charge on any atom is -0.497 e. The average molecular weight is 411 g/mol. The molecule has 10 heteroatoms. The summed E-state index contributed by atoms with van der Waals surface area (Å²) in [5.41, 5.74) is 1.07. The van der Waals surface area contributed by atoms with Crippen molar-refractivity contribution in [3.05, 3.63) is 58.0 Å². The van der Waals surface area contributed by atoms with Crippen LogP contribution in [0.1, 0.15) is 5.82 Å². The van der Waals surface area contributed by atoms with Crippen LogP contribution in [0.15, 0.2) is 46.6 Å². The number of methoxy groups -OCH3 is 2. The summed E-state index contributed by atoms with van der Waals surface area (Å²) in [7, 11) is 3.05. The van der Waals surface area contributed by atoms with Gasteiger partial charge in [-0.1, -0.05) is 6.07 Å². The molecule has 29 heavy (non-hydrogen) atoms. The number of carbonyl (C=O) groups is 1. The number of fused-ring (bicyclic) bond motifs is 1. The van der Waals surface area contributed by atoms with E-state index in [4.69, 9.17) is 9.47 Å². The van der Waals surface area contributed by atoms with E-state index in [1.165, 1.54) is 30.1 Å². The summed E-state index contributed by atoms with van der Waals surface area (Å²) in [5.74, 6) is 1.04. The fourth-order valence-electron chi connectivity index (χ4n) is 2.87. The highest BCUT2D eigenvalue weighted by molar-refractivity contribution is 7.13. The van der Waals surface area contributed by atoms with Gasteiger partial charge in [-0.15, -0.1) is 11.3 Å². The van der Waals surface area contributed by atoms with Crippen molar-refractivity contribution in [2.75, 3.05) is 19.5 Å². The Kier molecular flexibility index (Phi) is 5.00. The molecule has 1 aromatic carbocycles. The van der Waals surface area contributed by atoms with Crippen molar-refractivity contribution in [2.45, 2.75) is 6.42 Å². The van der Waals surface area contributed by atoms with Gasteiger partial charge in [-0.2, -0.15) is 10.2 Å². The zero-order chi connectivity index (χ0) is 20.4. The standard InChI is InChI=1S/C19H17N5O4S/c1-27-11-5-6-15(28-2)12(8-11)20-18(25)10-17-21-22-19(26)14-9-13(23-24(14)17)16-4-3-7-29-16/h3-9H,10H2,1-2H3,(H,20,25)(H,22,26). The van der Waals surface area contributed by atoms with E-state index in [1.54, 1.807) is 24.3 Å². The van der Waals surface area contributed by atoms with Gasteiger partial charge in [-0.25, -0.2) is 9.61 Å². The number of thiophene rings is 1. The number of aromatic amines is 1. The molecule has 0 aliphatic carbocycles. The highest BCUT2D eigenvalue weighted by atomic mass is 32.1. The molecule has 0 unspecified atom stereocenters. The Hall–Kier alpha value is -3.66. The topological polar surface area (TPSA) is 111 Å². The highest BCUT2D eigenvalue weighted by Gasteiger charge is 2.16. The van der Waals surface area contributed by atoms with Crippen molar-refractivity contribution < 1.29 is 14.3 Å². The molecule has 0 spiro atoms. The van der Waals surface area contributed by atoms with Gasteiger partial charge in [-0.3, -0.25) is 9.59 Å². The van der Waals surface area contributed by atoms with Crippen LogP contribution >= 0.6 is 11.3 Å². The van der Waals surface area contributed by atoms with E-state index in [9.17, 15) is 9.59 Å². The maximum atomic E-state index is 12.6. The van der Waals surface area contributed by atoms with E-state index in [1.807, 2.05) is 17.5 Å². The summed E-state index contributed by atoms with van der Waals surface area (Å²) in [4.78, 5) is 25.7. The number of nitrogens with zero attached hydrogens (tertiary/aromatic N) is 3. The molecule has 0 radical (unpaired) electrons. The molecule has 0 bridgehead atoms. The third-order valence-corrected chi connectivity index (χ3v) is 5.14. The molecule has 2 N–H and O–H groups in total. The molecule has 0 aliphatic heterocycles. The minimum atomic E-state index is -0.376. The molecule has 1 amide bonds. The first-order chi connectivity index (χ1) is 14.1.